The molecule has 0 saturated heterocycles. The normalized spacial score (nSPS) is 13.8. The van der Waals surface area contributed by atoms with Gasteiger partial charge in [-0.05, 0) is 191 Å². The highest BCUT2D eigenvalue weighted by Gasteiger charge is 2.51. The van der Waals surface area contributed by atoms with Gasteiger partial charge in [0.15, 0.2) is 8.07 Å². The molecule has 0 bridgehead atoms. The van der Waals surface area contributed by atoms with Crippen molar-refractivity contribution in [3.8, 4) is 0 Å². The SMILES string of the molecule is CC1=C(C)C(C)C([Si](c2cc(Cc3ccccc3)cc(Cc3ccccc3)c2C)(c2cc(Cc3ccccc3)cc(Cc3ccccc3)c2C)c2cc(Cc3ccccc3)cc(Cc3ccccc3)c2C)=C1C. The predicted octanol–water partition coefficient (Wildman–Crippen LogP) is 15.5. The molecule has 0 saturated carbocycles. The lowest BCUT2D eigenvalue weighted by atomic mass is 9.95. The first kappa shape index (κ1) is 49.3. The lowest BCUT2D eigenvalue weighted by molar-refractivity contribution is 0.851. The van der Waals surface area contributed by atoms with Crippen LogP contribution in [0.5, 0.6) is 0 Å². The molecule has 73 heavy (non-hydrogen) atoms. The van der Waals surface area contributed by atoms with E-state index in [0.717, 1.165) is 38.5 Å². The van der Waals surface area contributed by atoms with Crippen LogP contribution in [0.2, 0.25) is 0 Å². The van der Waals surface area contributed by atoms with Crippen molar-refractivity contribution in [2.24, 2.45) is 5.92 Å². The molecule has 1 unspecified atom stereocenters. The van der Waals surface area contributed by atoms with Gasteiger partial charge in [0.05, 0.1) is 0 Å². The molecule has 0 heterocycles. The van der Waals surface area contributed by atoms with Gasteiger partial charge in [-0.15, -0.1) is 0 Å². The fraction of sp³-hybridized carbons (Fsp3) is 0.194. The standard InChI is InChI=1S/C72H70Si/c1-50-51(2)53(4)72(52(50)3)73(69-47-63(38-57-26-14-8-15-27-57)44-66(54(69)5)41-60-32-20-11-21-33-60,70-48-64(39-58-28-16-9-17-29-58)45-67(55(70)6)42-61-34-22-12-23-35-61)71-49-65(40-59-30-18-10-19-31-59)46-68(56(71)7)43-62-36-24-13-25-37-62/h8-37,44-49,52H,38-43H2,1-7H3. The highest BCUT2D eigenvalue weighted by atomic mass is 28.3. The van der Waals surface area contributed by atoms with Crippen molar-refractivity contribution in [3.05, 3.63) is 324 Å². The van der Waals surface area contributed by atoms with Gasteiger partial charge in [-0.3, -0.25) is 0 Å². The second-order valence-corrected chi connectivity index (χ2v) is 24.7. The van der Waals surface area contributed by atoms with E-state index in [1.54, 1.807) is 5.20 Å². The van der Waals surface area contributed by atoms with E-state index in [-0.39, 0.29) is 5.92 Å². The van der Waals surface area contributed by atoms with Crippen LogP contribution in [0, 0.1) is 26.7 Å². The second-order valence-electron chi connectivity index (χ2n) is 21.1. The largest absolute Gasteiger partial charge is 0.177 e. The van der Waals surface area contributed by atoms with Crippen molar-refractivity contribution in [1.29, 1.82) is 0 Å². The van der Waals surface area contributed by atoms with Crippen molar-refractivity contribution < 1.29 is 0 Å². The average Bonchev–Trinajstić information content (AvgIpc) is 3.61. The van der Waals surface area contributed by atoms with Crippen molar-refractivity contribution in [3.63, 3.8) is 0 Å². The van der Waals surface area contributed by atoms with Crippen LogP contribution in [0.4, 0.5) is 0 Å². The number of hydrogen-bond donors (Lipinski definition) is 0. The van der Waals surface area contributed by atoms with Crippen molar-refractivity contribution in [1.82, 2.24) is 0 Å². The fourth-order valence-corrected chi connectivity index (χ4v) is 19.1. The quantitative estimate of drug-likeness (QED) is 0.0669. The van der Waals surface area contributed by atoms with Crippen LogP contribution < -0.4 is 15.6 Å². The third-order valence-corrected chi connectivity index (χ3v) is 22.0. The van der Waals surface area contributed by atoms with E-state index in [1.165, 1.54) is 116 Å². The van der Waals surface area contributed by atoms with Crippen LogP contribution in [0.25, 0.3) is 0 Å². The zero-order valence-electron chi connectivity index (χ0n) is 44.1. The van der Waals surface area contributed by atoms with E-state index in [2.05, 4.69) is 267 Å². The fourth-order valence-electron chi connectivity index (χ4n) is 12.3. The summed E-state index contributed by atoms with van der Waals surface area (Å²) in [7, 11) is -3.39. The van der Waals surface area contributed by atoms with Crippen LogP contribution >= 0.6 is 0 Å². The summed E-state index contributed by atoms with van der Waals surface area (Å²) < 4.78 is 0. The summed E-state index contributed by atoms with van der Waals surface area (Å²) in [6.45, 7) is 17.3. The lowest BCUT2D eigenvalue weighted by Gasteiger charge is -2.43. The molecule has 1 aliphatic rings. The summed E-state index contributed by atoms with van der Waals surface area (Å²) in [5.74, 6) is 0.242. The third-order valence-electron chi connectivity index (χ3n) is 16.4. The van der Waals surface area contributed by atoms with Crippen LogP contribution in [-0.4, -0.2) is 8.07 Å². The van der Waals surface area contributed by atoms with E-state index in [1.807, 2.05) is 0 Å². The molecule has 0 spiro atoms. The zero-order chi connectivity index (χ0) is 50.5. The lowest BCUT2D eigenvalue weighted by Crippen LogP contribution is -2.72. The first-order valence-corrected chi connectivity index (χ1v) is 28.6. The number of benzene rings is 9. The average molecular weight is 963 g/mol. The van der Waals surface area contributed by atoms with Crippen LogP contribution in [0.3, 0.4) is 0 Å². The minimum Gasteiger partial charge on any atom is -0.0636 e. The summed E-state index contributed by atoms with van der Waals surface area (Å²) in [4.78, 5) is 0. The van der Waals surface area contributed by atoms with E-state index in [0.29, 0.717) is 0 Å². The third kappa shape index (κ3) is 10.4. The van der Waals surface area contributed by atoms with Gasteiger partial charge in [-0.25, -0.2) is 0 Å². The maximum Gasteiger partial charge on any atom is 0.177 e. The Labute approximate surface area is 437 Å². The van der Waals surface area contributed by atoms with Gasteiger partial charge in [-0.2, -0.15) is 0 Å². The highest BCUT2D eigenvalue weighted by Crippen LogP contribution is 2.43. The van der Waals surface area contributed by atoms with Crippen LogP contribution in [0.15, 0.2) is 240 Å². The molecule has 0 N–H and O–H groups in total. The molecule has 0 aromatic heterocycles. The summed E-state index contributed by atoms with van der Waals surface area (Å²) >= 11 is 0. The molecule has 1 heteroatoms. The van der Waals surface area contributed by atoms with E-state index >= 15 is 0 Å². The Balaban J connectivity index is 1.39. The Morgan fingerprint density at radius 2 is 0.534 bits per heavy atom. The zero-order valence-corrected chi connectivity index (χ0v) is 45.1. The maximum absolute atomic E-state index is 3.39. The molecular formula is C72H70Si. The molecule has 0 aliphatic heterocycles. The Hall–Kier alpha value is -7.32. The van der Waals surface area contributed by atoms with Gasteiger partial charge in [0, 0.05) is 0 Å². The van der Waals surface area contributed by atoms with Gasteiger partial charge in [0.2, 0.25) is 0 Å². The number of allylic oxidation sites excluding steroid dienone is 4. The number of rotatable bonds is 16. The van der Waals surface area contributed by atoms with E-state index in [9.17, 15) is 0 Å². The van der Waals surface area contributed by atoms with Crippen molar-refractivity contribution in [2.75, 3.05) is 0 Å². The van der Waals surface area contributed by atoms with Gasteiger partial charge in [-0.1, -0.05) is 242 Å². The topological polar surface area (TPSA) is 0 Å². The highest BCUT2D eigenvalue weighted by molar-refractivity contribution is 7.17. The molecule has 0 amide bonds. The first-order chi connectivity index (χ1) is 35.6. The molecule has 0 radical (unpaired) electrons. The second kappa shape index (κ2) is 21.8. The van der Waals surface area contributed by atoms with Crippen molar-refractivity contribution >= 4 is 23.6 Å². The Kier molecular flexibility index (Phi) is 14.7. The minimum absolute atomic E-state index is 0.242. The summed E-state index contributed by atoms with van der Waals surface area (Å²) in [6.07, 6.45) is 5.20. The molecule has 0 nitrogen and oxygen atoms in total. The minimum atomic E-state index is -3.39. The van der Waals surface area contributed by atoms with Gasteiger partial charge >= 0.3 is 0 Å². The molecule has 362 valence electrons. The van der Waals surface area contributed by atoms with Gasteiger partial charge in [0.1, 0.15) is 0 Å². The Bertz CT molecular complexity index is 3090. The molecule has 1 atom stereocenters. The maximum atomic E-state index is 2.72. The van der Waals surface area contributed by atoms with Crippen LogP contribution in [0.1, 0.15) is 111 Å². The molecule has 9 aromatic carbocycles. The Morgan fingerprint density at radius 3 is 0.767 bits per heavy atom. The van der Waals surface area contributed by atoms with Crippen molar-refractivity contribution in [2.45, 2.75) is 87.0 Å². The van der Waals surface area contributed by atoms with Gasteiger partial charge < -0.3 is 0 Å². The van der Waals surface area contributed by atoms with E-state index < -0.39 is 8.07 Å². The van der Waals surface area contributed by atoms with E-state index in [4.69, 9.17) is 0 Å². The Morgan fingerprint density at radius 1 is 0.288 bits per heavy atom. The molecule has 1 aliphatic carbocycles. The smallest absolute Gasteiger partial charge is 0.0636 e. The summed E-state index contributed by atoms with van der Waals surface area (Å²) in [6, 6.07) is 82.9. The van der Waals surface area contributed by atoms with Gasteiger partial charge in [0.25, 0.3) is 0 Å². The first-order valence-electron chi connectivity index (χ1n) is 26.6. The predicted molar refractivity (Wildman–Crippen MR) is 314 cm³/mol. The monoisotopic (exact) mass is 963 g/mol. The number of hydrogen-bond acceptors (Lipinski definition) is 0. The summed E-state index contributed by atoms with van der Waals surface area (Å²) in [5, 5.41) is 6.25. The molecule has 0 fully saturated rings. The summed E-state index contributed by atoms with van der Waals surface area (Å²) in [5.41, 5.74) is 25.1. The molecule has 10 rings (SSSR count). The molecular weight excluding hydrogens is 893 g/mol. The van der Waals surface area contributed by atoms with Crippen LogP contribution in [-0.2, 0) is 38.5 Å². The molecule has 9 aromatic rings.